The van der Waals surface area contributed by atoms with Crippen LogP contribution in [-0.2, 0) is 11.3 Å². The lowest BCUT2D eigenvalue weighted by atomic mass is 10.1. The molecule has 2 N–H and O–H groups in total. The van der Waals surface area contributed by atoms with Crippen molar-refractivity contribution in [3.8, 4) is 0 Å². The van der Waals surface area contributed by atoms with E-state index in [1.54, 1.807) is 0 Å². The molecule has 1 aliphatic heterocycles. The molecule has 1 heterocycles. The van der Waals surface area contributed by atoms with Crippen molar-refractivity contribution in [3.63, 3.8) is 0 Å². The van der Waals surface area contributed by atoms with Crippen LogP contribution in [0.3, 0.4) is 0 Å². The lowest BCUT2D eigenvalue weighted by Gasteiger charge is -2.23. The van der Waals surface area contributed by atoms with Gasteiger partial charge in [-0.25, -0.2) is 0 Å². The molecular formula is C14H23Cl2N3O. The van der Waals surface area contributed by atoms with Gasteiger partial charge in [0.15, 0.2) is 0 Å². The van der Waals surface area contributed by atoms with Crippen LogP contribution in [0.5, 0.6) is 0 Å². The molecule has 114 valence electrons. The summed E-state index contributed by atoms with van der Waals surface area (Å²) in [4.78, 5) is 16.3. The van der Waals surface area contributed by atoms with Crippen LogP contribution in [0, 0.1) is 5.92 Å². The van der Waals surface area contributed by atoms with Gasteiger partial charge < -0.3 is 15.5 Å². The molecule has 0 fully saturated rings. The van der Waals surface area contributed by atoms with Gasteiger partial charge in [0.25, 0.3) is 0 Å². The average molecular weight is 320 g/mol. The van der Waals surface area contributed by atoms with Crippen LogP contribution >= 0.6 is 24.8 Å². The Labute approximate surface area is 133 Å². The fraction of sp³-hybridized carbons (Fsp3) is 0.500. The number of benzene rings is 1. The van der Waals surface area contributed by atoms with E-state index in [-0.39, 0.29) is 36.6 Å². The van der Waals surface area contributed by atoms with Crippen molar-refractivity contribution in [3.05, 3.63) is 29.8 Å². The third kappa shape index (κ3) is 4.01. The molecule has 1 amide bonds. The number of hydrogen-bond acceptors (Lipinski definition) is 3. The second-order valence-corrected chi connectivity index (χ2v) is 4.95. The minimum atomic E-state index is -0.0967. The number of fused-ring (bicyclic) bond motifs is 1. The Hall–Kier alpha value is -0.970. The van der Waals surface area contributed by atoms with Crippen LogP contribution in [0.4, 0.5) is 5.69 Å². The SMILES string of the molecule is CC(CN)C(=O)N1CCN(C)c2ccccc2C1.Cl.Cl. The summed E-state index contributed by atoms with van der Waals surface area (Å²) in [6.45, 7) is 4.60. The van der Waals surface area contributed by atoms with Crippen LogP contribution in [0.25, 0.3) is 0 Å². The maximum Gasteiger partial charge on any atom is 0.227 e. The zero-order chi connectivity index (χ0) is 13.1. The van der Waals surface area contributed by atoms with Crippen LogP contribution in [0.2, 0.25) is 0 Å². The molecule has 0 spiro atoms. The van der Waals surface area contributed by atoms with Gasteiger partial charge in [-0.15, -0.1) is 24.8 Å². The molecule has 1 atom stereocenters. The molecule has 1 aliphatic rings. The van der Waals surface area contributed by atoms with Crippen LogP contribution in [0.1, 0.15) is 12.5 Å². The Balaban J connectivity index is 0.00000180. The molecule has 0 bridgehead atoms. The van der Waals surface area contributed by atoms with Crippen molar-refractivity contribution in [1.82, 2.24) is 4.90 Å². The van der Waals surface area contributed by atoms with E-state index in [1.807, 2.05) is 24.0 Å². The predicted octanol–water partition coefficient (Wildman–Crippen LogP) is 1.90. The van der Waals surface area contributed by atoms with Crippen molar-refractivity contribution in [2.24, 2.45) is 11.7 Å². The topological polar surface area (TPSA) is 49.6 Å². The molecule has 4 nitrogen and oxygen atoms in total. The molecule has 0 aromatic heterocycles. The van der Waals surface area contributed by atoms with Crippen molar-refractivity contribution in [2.45, 2.75) is 13.5 Å². The average Bonchev–Trinajstić information content (AvgIpc) is 2.57. The molecule has 0 aliphatic carbocycles. The number of nitrogens with two attached hydrogens (primary N) is 1. The zero-order valence-electron chi connectivity index (χ0n) is 11.9. The molecule has 20 heavy (non-hydrogen) atoms. The Kier molecular flexibility index (Phi) is 7.94. The molecule has 1 aromatic carbocycles. The minimum Gasteiger partial charge on any atom is -0.373 e. The third-order valence-corrected chi connectivity index (χ3v) is 3.56. The third-order valence-electron chi connectivity index (χ3n) is 3.56. The number of amides is 1. The smallest absolute Gasteiger partial charge is 0.227 e. The molecule has 0 saturated carbocycles. The van der Waals surface area contributed by atoms with Gasteiger partial charge in [-0.1, -0.05) is 25.1 Å². The summed E-state index contributed by atoms with van der Waals surface area (Å²) >= 11 is 0. The summed E-state index contributed by atoms with van der Waals surface area (Å²) in [5.74, 6) is 0.0585. The van der Waals surface area contributed by atoms with Crippen LogP contribution in [0.15, 0.2) is 24.3 Å². The predicted molar refractivity (Wildman–Crippen MR) is 87.8 cm³/mol. The summed E-state index contributed by atoms with van der Waals surface area (Å²) in [6, 6.07) is 8.25. The maximum atomic E-state index is 12.2. The Morgan fingerprint density at radius 3 is 2.60 bits per heavy atom. The zero-order valence-corrected chi connectivity index (χ0v) is 13.5. The Morgan fingerprint density at radius 2 is 1.95 bits per heavy atom. The lowest BCUT2D eigenvalue weighted by molar-refractivity contribution is -0.135. The molecule has 0 radical (unpaired) electrons. The van der Waals surface area contributed by atoms with Gasteiger partial charge in [-0.2, -0.15) is 0 Å². The highest BCUT2D eigenvalue weighted by molar-refractivity contribution is 5.85. The van der Waals surface area contributed by atoms with Gasteiger partial charge in [0.05, 0.1) is 0 Å². The van der Waals surface area contributed by atoms with E-state index in [0.717, 1.165) is 13.1 Å². The summed E-state index contributed by atoms with van der Waals surface area (Å²) < 4.78 is 0. The van der Waals surface area contributed by atoms with E-state index in [2.05, 4.69) is 24.1 Å². The molecule has 1 aromatic rings. The molecule has 0 saturated heterocycles. The number of halogens is 2. The van der Waals surface area contributed by atoms with Gasteiger partial charge in [-0.3, -0.25) is 4.79 Å². The summed E-state index contributed by atoms with van der Waals surface area (Å²) in [7, 11) is 2.07. The minimum absolute atomic E-state index is 0. The number of carbonyl (C=O) groups excluding carboxylic acids is 1. The second-order valence-electron chi connectivity index (χ2n) is 4.95. The first kappa shape index (κ1) is 19.0. The summed E-state index contributed by atoms with van der Waals surface area (Å²) in [5, 5.41) is 0. The lowest BCUT2D eigenvalue weighted by Crippen LogP contribution is -2.39. The highest BCUT2D eigenvalue weighted by atomic mass is 35.5. The van der Waals surface area contributed by atoms with Crippen molar-refractivity contribution >= 4 is 36.4 Å². The van der Waals surface area contributed by atoms with Crippen LogP contribution < -0.4 is 10.6 Å². The van der Waals surface area contributed by atoms with E-state index in [4.69, 9.17) is 5.73 Å². The number of rotatable bonds is 2. The van der Waals surface area contributed by atoms with Crippen molar-refractivity contribution in [1.29, 1.82) is 0 Å². The quantitative estimate of drug-likeness (QED) is 0.905. The molecule has 1 unspecified atom stereocenters. The van der Waals surface area contributed by atoms with E-state index >= 15 is 0 Å². The summed E-state index contributed by atoms with van der Waals surface area (Å²) in [6.07, 6.45) is 0. The standard InChI is InChI=1S/C14H21N3O.2ClH/c1-11(9-15)14(18)17-8-7-16(2)13-6-4-3-5-12(13)10-17;;/h3-6,11H,7-10,15H2,1-2H3;2*1H. The molecule has 6 heteroatoms. The fourth-order valence-electron chi connectivity index (χ4n) is 2.29. The Bertz CT molecular complexity index is 442. The number of carbonyl (C=O) groups is 1. The largest absolute Gasteiger partial charge is 0.373 e. The van der Waals surface area contributed by atoms with E-state index in [1.165, 1.54) is 11.3 Å². The first-order valence-corrected chi connectivity index (χ1v) is 6.41. The molecule has 2 rings (SSSR count). The number of para-hydroxylation sites is 1. The first-order chi connectivity index (χ1) is 8.63. The number of anilines is 1. The molecular weight excluding hydrogens is 297 g/mol. The highest BCUT2D eigenvalue weighted by Gasteiger charge is 2.23. The number of hydrogen-bond donors (Lipinski definition) is 1. The van der Waals surface area contributed by atoms with Gasteiger partial charge in [0.2, 0.25) is 5.91 Å². The van der Waals surface area contributed by atoms with Crippen molar-refractivity contribution < 1.29 is 4.79 Å². The Morgan fingerprint density at radius 1 is 1.30 bits per heavy atom. The number of nitrogens with zero attached hydrogens (tertiary/aromatic N) is 2. The van der Waals surface area contributed by atoms with E-state index in [9.17, 15) is 4.79 Å². The van der Waals surface area contributed by atoms with E-state index in [0.29, 0.717) is 13.1 Å². The van der Waals surface area contributed by atoms with Gasteiger partial charge in [0, 0.05) is 44.8 Å². The first-order valence-electron chi connectivity index (χ1n) is 6.41. The van der Waals surface area contributed by atoms with E-state index < -0.39 is 0 Å². The van der Waals surface area contributed by atoms with Crippen molar-refractivity contribution in [2.75, 3.05) is 31.6 Å². The number of likely N-dealkylation sites (N-methyl/N-ethyl adjacent to an activating group) is 1. The summed E-state index contributed by atoms with van der Waals surface area (Å²) in [5.41, 5.74) is 8.00. The van der Waals surface area contributed by atoms with Gasteiger partial charge >= 0.3 is 0 Å². The monoisotopic (exact) mass is 319 g/mol. The van der Waals surface area contributed by atoms with Gasteiger partial charge in [-0.05, 0) is 11.6 Å². The maximum absolute atomic E-state index is 12.2. The normalized spacial score (nSPS) is 15.3. The van der Waals surface area contributed by atoms with Crippen LogP contribution in [-0.4, -0.2) is 37.5 Å². The highest BCUT2D eigenvalue weighted by Crippen LogP contribution is 2.24. The fourth-order valence-corrected chi connectivity index (χ4v) is 2.29. The second kappa shape index (κ2) is 8.35. The van der Waals surface area contributed by atoms with Gasteiger partial charge in [0.1, 0.15) is 0 Å².